The lowest BCUT2D eigenvalue weighted by Crippen LogP contribution is -2.65. The molecule has 290 valence electrons. The molecule has 1 aliphatic heterocycles. The van der Waals surface area contributed by atoms with Crippen molar-refractivity contribution < 1.29 is 44.3 Å². The first-order valence-corrected chi connectivity index (χ1v) is 19.9. The molecule has 11 nitrogen and oxygen atoms in total. The number of aliphatic carboxylic acids is 1. The SMILES string of the molecule is CC(=O)N[C@H]1[C@@H](O[C@@H]2CC[C@@]3(C)[C@H](CC[C@@H]4[C@@H]3CC[C@]3(C)[C@@H]([C@H](C)CCC(=O)N[C@@H](Cc5ccccc5)C(=O)O)CC[C@@H]43)C2)O[C@H](CO)[C@@H](O)[C@@H]1O. The molecule has 4 saturated carbocycles. The second-order valence-electron chi connectivity index (χ2n) is 17.5. The lowest BCUT2D eigenvalue weighted by atomic mass is 9.44. The summed E-state index contributed by atoms with van der Waals surface area (Å²) in [6.45, 7) is 8.21. The van der Waals surface area contributed by atoms with E-state index in [1.807, 2.05) is 30.3 Å². The van der Waals surface area contributed by atoms with Gasteiger partial charge in [-0.05, 0) is 116 Å². The van der Waals surface area contributed by atoms with Gasteiger partial charge in [-0.3, -0.25) is 9.59 Å². The highest BCUT2D eigenvalue weighted by Gasteiger charge is 2.61. The summed E-state index contributed by atoms with van der Waals surface area (Å²) in [5.74, 6) is 1.86. The lowest BCUT2D eigenvalue weighted by molar-refractivity contribution is -0.288. The Labute approximate surface area is 308 Å². The number of nitrogens with one attached hydrogen (secondary N) is 2. The van der Waals surface area contributed by atoms with E-state index in [0.717, 1.165) is 37.7 Å². The molecule has 1 heterocycles. The molecular weight excluding hydrogens is 664 g/mol. The second kappa shape index (κ2) is 16.0. The zero-order valence-corrected chi connectivity index (χ0v) is 31.4. The van der Waals surface area contributed by atoms with Gasteiger partial charge in [0.25, 0.3) is 0 Å². The molecule has 52 heavy (non-hydrogen) atoms. The number of carboxylic acids is 1. The van der Waals surface area contributed by atoms with Crippen molar-refractivity contribution in [3.05, 3.63) is 35.9 Å². The number of carboxylic acid groups (broad SMARTS) is 1. The summed E-state index contributed by atoms with van der Waals surface area (Å²) in [5, 5.41) is 46.2. The molecule has 0 radical (unpaired) electrons. The zero-order valence-electron chi connectivity index (χ0n) is 31.4. The summed E-state index contributed by atoms with van der Waals surface area (Å²) in [6, 6.07) is 7.55. The van der Waals surface area contributed by atoms with E-state index < -0.39 is 49.3 Å². The lowest BCUT2D eigenvalue weighted by Gasteiger charge is -2.61. The number of carbonyl (C=O) groups excluding carboxylic acids is 2. The standard InChI is InChI=1S/C41H62N2O9/c1-23(10-15-34(46)43-32(38(49)50)20-25-8-6-5-7-9-25)29-13-14-30-28-12-11-26-21-27(16-18-40(26,3)31(28)17-19-41(29,30)4)51-39-35(42-24(2)45)37(48)36(47)33(22-44)52-39/h5-9,23,26-33,35-37,39,44,47-48H,10-22H2,1-4H3,(H,42,45)(H,43,46)(H,49,50)/t23-,26-,27-,28+,29-,30+,31+,32+,33-,35-,36-,37-,39+,40+,41-/m1/s1. The van der Waals surface area contributed by atoms with Gasteiger partial charge in [-0.25, -0.2) is 4.79 Å². The summed E-state index contributed by atoms with van der Waals surface area (Å²) in [6.07, 6.45) is 6.58. The number of carbonyl (C=O) groups is 3. The number of ether oxygens (including phenoxy) is 2. The van der Waals surface area contributed by atoms with Crippen LogP contribution in [-0.4, -0.2) is 87.6 Å². The van der Waals surface area contributed by atoms with E-state index in [2.05, 4.69) is 31.4 Å². The molecule has 1 aromatic carbocycles. The molecule has 15 atom stereocenters. The number of benzene rings is 1. The number of hydrogen-bond donors (Lipinski definition) is 6. The number of aliphatic hydroxyl groups is 3. The van der Waals surface area contributed by atoms with E-state index in [-0.39, 0.29) is 35.2 Å². The fourth-order valence-electron chi connectivity index (χ4n) is 12.0. The Morgan fingerprint density at radius 3 is 2.37 bits per heavy atom. The molecule has 0 bridgehead atoms. The maximum atomic E-state index is 13.0. The van der Waals surface area contributed by atoms with Crippen molar-refractivity contribution in [3.8, 4) is 0 Å². The molecule has 6 N–H and O–H groups in total. The summed E-state index contributed by atoms with van der Waals surface area (Å²) in [7, 11) is 0. The highest BCUT2D eigenvalue weighted by molar-refractivity contribution is 5.83. The molecule has 4 aliphatic carbocycles. The number of hydrogen-bond acceptors (Lipinski definition) is 8. The third kappa shape index (κ3) is 7.81. The minimum atomic E-state index is -1.33. The van der Waals surface area contributed by atoms with Crippen LogP contribution in [0.15, 0.2) is 30.3 Å². The number of aliphatic hydroxyl groups excluding tert-OH is 3. The third-order valence-corrected chi connectivity index (χ3v) is 14.7. The molecule has 0 unspecified atom stereocenters. The fraction of sp³-hybridized carbons (Fsp3) is 0.780. The summed E-state index contributed by atoms with van der Waals surface area (Å²) in [4.78, 5) is 36.9. The molecule has 5 aliphatic rings. The molecule has 6 rings (SSSR count). The van der Waals surface area contributed by atoms with Crippen molar-refractivity contribution in [2.75, 3.05) is 6.61 Å². The van der Waals surface area contributed by atoms with Gasteiger partial charge in [0.2, 0.25) is 11.8 Å². The fourth-order valence-corrected chi connectivity index (χ4v) is 12.0. The Morgan fingerprint density at radius 1 is 0.962 bits per heavy atom. The minimum Gasteiger partial charge on any atom is -0.480 e. The first kappa shape index (κ1) is 39.1. The van der Waals surface area contributed by atoms with Gasteiger partial charge in [-0.1, -0.05) is 51.1 Å². The largest absolute Gasteiger partial charge is 0.480 e. The van der Waals surface area contributed by atoms with E-state index >= 15 is 0 Å². The third-order valence-electron chi connectivity index (χ3n) is 14.7. The van der Waals surface area contributed by atoms with Crippen LogP contribution in [0.3, 0.4) is 0 Å². The molecule has 2 amide bonds. The van der Waals surface area contributed by atoms with Crippen molar-refractivity contribution in [3.63, 3.8) is 0 Å². The summed E-state index contributed by atoms with van der Waals surface area (Å²) in [5.41, 5.74) is 1.34. The Balaban J connectivity index is 1.04. The maximum Gasteiger partial charge on any atom is 0.326 e. The van der Waals surface area contributed by atoms with Crippen molar-refractivity contribution in [2.24, 2.45) is 46.3 Å². The van der Waals surface area contributed by atoms with Gasteiger partial charge in [-0.2, -0.15) is 0 Å². The van der Waals surface area contributed by atoms with Crippen LogP contribution in [0.4, 0.5) is 0 Å². The predicted octanol–water partition coefficient (Wildman–Crippen LogP) is 4.20. The van der Waals surface area contributed by atoms with Gasteiger partial charge in [0.15, 0.2) is 6.29 Å². The van der Waals surface area contributed by atoms with Crippen molar-refractivity contribution in [1.29, 1.82) is 0 Å². The molecule has 1 aromatic rings. The monoisotopic (exact) mass is 726 g/mol. The van der Waals surface area contributed by atoms with E-state index in [1.165, 1.54) is 39.0 Å². The number of amides is 2. The van der Waals surface area contributed by atoms with E-state index in [0.29, 0.717) is 41.9 Å². The molecule has 1 saturated heterocycles. The van der Waals surface area contributed by atoms with Gasteiger partial charge in [0.1, 0.15) is 30.4 Å². The van der Waals surface area contributed by atoms with E-state index in [9.17, 15) is 34.8 Å². The van der Waals surface area contributed by atoms with Crippen LogP contribution in [0.25, 0.3) is 0 Å². The number of fused-ring (bicyclic) bond motifs is 5. The second-order valence-corrected chi connectivity index (χ2v) is 17.5. The van der Waals surface area contributed by atoms with Gasteiger partial charge in [-0.15, -0.1) is 0 Å². The van der Waals surface area contributed by atoms with Crippen LogP contribution >= 0.6 is 0 Å². The molecular formula is C41H62N2O9. The number of rotatable bonds is 12. The maximum absolute atomic E-state index is 13.0. The molecule has 5 fully saturated rings. The first-order chi connectivity index (χ1) is 24.7. The Hall–Kier alpha value is -2.57. The van der Waals surface area contributed by atoms with Gasteiger partial charge >= 0.3 is 5.97 Å². The van der Waals surface area contributed by atoms with Crippen LogP contribution in [0.1, 0.15) is 104 Å². The summed E-state index contributed by atoms with van der Waals surface area (Å²) < 4.78 is 12.4. The quantitative estimate of drug-likeness (QED) is 0.173. The predicted molar refractivity (Wildman–Crippen MR) is 194 cm³/mol. The van der Waals surface area contributed by atoms with Crippen LogP contribution in [0.5, 0.6) is 0 Å². The average molecular weight is 727 g/mol. The van der Waals surface area contributed by atoms with E-state index in [4.69, 9.17) is 9.47 Å². The van der Waals surface area contributed by atoms with Gasteiger partial charge in [0, 0.05) is 19.8 Å². The van der Waals surface area contributed by atoms with Crippen LogP contribution in [0.2, 0.25) is 0 Å². The highest BCUT2D eigenvalue weighted by Crippen LogP contribution is 2.68. The van der Waals surface area contributed by atoms with E-state index in [1.54, 1.807) is 0 Å². The van der Waals surface area contributed by atoms with Gasteiger partial charge < -0.3 is 40.5 Å². The Bertz CT molecular complexity index is 1410. The molecule has 0 aromatic heterocycles. The highest BCUT2D eigenvalue weighted by atomic mass is 16.7. The van der Waals surface area contributed by atoms with Crippen molar-refractivity contribution >= 4 is 17.8 Å². The normalized spacial score (nSPS) is 41.1. The summed E-state index contributed by atoms with van der Waals surface area (Å²) >= 11 is 0. The average Bonchev–Trinajstić information content (AvgIpc) is 3.47. The first-order valence-electron chi connectivity index (χ1n) is 19.9. The van der Waals surface area contributed by atoms with Crippen LogP contribution in [-0.2, 0) is 30.3 Å². The zero-order chi connectivity index (χ0) is 37.4. The minimum absolute atomic E-state index is 0.107. The topological polar surface area (TPSA) is 175 Å². The smallest absolute Gasteiger partial charge is 0.326 e. The Morgan fingerprint density at radius 2 is 1.67 bits per heavy atom. The molecule has 0 spiro atoms. The molecule has 11 heteroatoms. The van der Waals surface area contributed by atoms with Crippen LogP contribution in [0, 0.1) is 46.3 Å². The van der Waals surface area contributed by atoms with Gasteiger partial charge in [0.05, 0.1) is 12.7 Å². The Kier molecular flexibility index (Phi) is 12.1. The van der Waals surface area contributed by atoms with Crippen molar-refractivity contribution in [1.82, 2.24) is 10.6 Å². The van der Waals surface area contributed by atoms with Crippen molar-refractivity contribution in [2.45, 2.75) is 148 Å². The van der Waals surface area contributed by atoms with Crippen LogP contribution < -0.4 is 10.6 Å².